The highest BCUT2D eigenvalue weighted by atomic mass is 16.6. The molecule has 1 heterocycles. The van der Waals surface area contributed by atoms with Crippen LogP contribution in [-0.4, -0.2) is 35.5 Å². The minimum atomic E-state index is -0.946. The quantitative estimate of drug-likeness (QED) is 0.896. The third-order valence-electron chi connectivity index (χ3n) is 3.32. The zero-order chi connectivity index (χ0) is 16.3. The molecule has 2 N–H and O–H groups in total. The predicted octanol–water partition coefficient (Wildman–Crippen LogP) is 2.99. The Balaban J connectivity index is 2.01. The lowest BCUT2D eigenvalue weighted by Gasteiger charge is -2.20. The van der Waals surface area contributed by atoms with E-state index in [1.54, 1.807) is 32.9 Å². The van der Waals surface area contributed by atoms with Crippen molar-refractivity contribution in [1.82, 2.24) is 0 Å². The summed E-state index contributed by atoms with van der Waals surface area (Å²) in [7, 11) is 0. The Labute approximate surface area is 129 Å². The van der Waals surface area contributed by atoms with E-state index in [4.69, 9.17) is 14.6 Å². The third kappa shape index (κ3) is 4.21. The predicted molar refractivity (Wildman–Crippen MR) is 81.0 cm³/mol. The molecule has 1 aliphatic rings. The Bertz CT molecular complexity index is 547. The summed E-state index contributed by atoms with van der Waals surface area (Å²) in [5.41, 5.74) is 0.934. The monoisotopic (exact) mass is 307 g/mol. The molecule has 0 aromatic heterocycles. The summed E-state index contributed by atoms with van der Waals surface area (Å²) in [6, 6.07) is 7.08. The molecule has 1 aromatic rings. The smallest absolute Gasteiger partial charge is 0.412 e. The molecule has 0 spiro atoms. The lowest BCUT2D eigenvalue weighted by molar-refractivity contribution is -0.148. The van der Waals surface area contributed by atoms with Crippen molar-refractivity contribution < 1.29 is 24.2 Å². The number of amides is 1. The van der Waals surface area contributed by atoms with Crippen LogP contribution >= 0.6 is 0 Å². The molecule has 6 heteroatoms. The molecule has 1 amide bonds. The van der Waals surface area contributed by atoms with Gasteiger partial charge in [0.2, 0.25) is 0 Å². The first-order chi connectivity index (χ1) is 10.3. The highest BCUT2D eigenvalue weighted by Gasteiger charge is 2.35. The van der Waals surface area contributed by atoms with Crippen LogP contribution in [0, 0.1) is 0 Å². The van der Waals surface area contributed by atoms with Crippen LogP contribution in [0.3, 0.4) is 0 Å². The maximum absolute atomic E-state index is 11.7. The summed E-state index contributed by atoms with van der Waals surface area (Å²) in [4.78, 5) is 22.8. The van der Waals surface area contributed by atoms with Crippen LogP contribution in [0.25, 0.3) is 0 Å². The molecular formula is C16H21NO5. The van der Waals surface area contributed by atoms with Crippen molar-refractivity contribution in [3.05, 3.63) is 29.8 Å². The molecule has 1 aromatic carbocycles. The Kier molecular flexibility index (Phi) is 4.71. The maximum atomic E-state index is 11.7. The molecule has 0 radical (unpaired) electrons. The number of aliphatic carboxylic acids is 1. The van der Waals surface area contributed by atoms with Crippen LogP contribution in [0.5, 0.6) is 0 Å². The van der Waals surface area contributed by atoms with Gasteiger partial charge in [-0.1, -0.05) is 12.1 Å². The third-order valence-corrected chi connectivity index (χ3v) is 3.32. The molecule has 1 fully saturated rings. The molecule has 0 saturated carbocycles. The van der Waals surface area contributed by atoms with Gasteiger partial charge in [-0.25, -0.2) is 9.59 Å². The first-order valence-electron chi connectivity index (χ1n) is 7.20. The fourth-order valence-electron chi connectivity index (χ4n) is 2.41. The number of benzene rings is 1. The molecule has 0 bridgehead atoms. The highest BCUT2D eigenvalue weighted by Crippen LogP contribution is 2.32. The molecule has 2 atom stereocenters. The van der Waals surface area contributed by atoms with Crippen LogP contribution in [0.2, 0.25) is 0 Å². The van der Waals surface area contributed by atoms with Crippen molar-refractivity contribution in [3.8, 4) is 0 Å². The fourth-order valence-corrected chi connectivity index (χ4v) is 2.41. The first-order valence-corrected chi connectivity index (χ1v) is 7.20. The number of anilines is 1. The molecular weight excluding hydrogens is 286 g/mol. The molecule has 0 unspecified atom stereocenters. The summed E-state index contributed by atoms with van der Waals surface area (Å²) in [5, 5.41) is 11.8. The van der Waals surface area contributed by atoms with E-state index in [-0.39, 0.29) is 5.92 Å². The highest BCUT2D eigenvalue weighted by molar-refractivity contribution is 5.84. The van der Waals surface area contributed by atoms with Gasteiger partial charge in [0.15, 0.2) is 6.10 Å². The van der Waals surface area contributed by atoms with Crippen molar-refractivity contribution in [2.24, 2.45) is 0 Å². The number of carboxylic acids is 1. The van der Waals surface area contributed by atoms with Gasteiger partial charge in [-0.15, -0.1) is 0 Å². The number of rotatable bonds is 3. The molecule has 1 saturated heterocycles. The maximum Gasteiger partial charge on any atom is 0.412 e. The van der Waals surface area contributed by atoms with Crippen LogP contribution in [0.4, 0.5) is 10.5 Å². The van der Waals surface area contributed by atoms with E-state index in [1.165, 1.54) is 0 Å². The Morgan fingerprint density at radius 1 is 1.27 bits per heavy atom. The van der Waals surface area contributed by atoms with Crippen LogP contribution in [0.1, 0.15) is 38.7 Å². The normalized spacial score (nSPS) is 21.4. The molecule has 120 valence electrons. The van der Waals surface area contributed by atoms with Gasteiger partial charge in [-0.05, 0) is 44.9 Å². The number of hydrogen-bond acceptors (Lipinski definition) is 4. The second-order valence-electron chi connectivity index (χ2n) is 6.27. The zero-order valence-corrected chi connectivity index (χ0v) is 13.0. The van der Waals surface area contributed by atoms with E-state index in [0.717, 1.165) is 5.56 Å². The van der Waals surface area contributed by atoms with E-state index in [9.17, 15) is 9.59 Å². The second-order valence-corrected chi connectivity index (χ2v) is 6.27. The number of ether oxygens (including phenoxy) is 2. The number of carbonyl (C=O) groups is 2. The van der Waals surface area contributed by atoms with E-state index in [0.29, 0.717) is 18.7 Å². The SMILES string of the molecule is CC(C)(C)OC(=O)Nc1ccc([C@H]2CCO[C@H]2C(=O)O)cc1. The average molecular weight is 307 g/mol. The Hall–Kier alpha value is -2.08. The van der Waals surface area contributed by atoms with Crippen LogP contribution < -0.4 is 5.32 Å². The topological polar surface area (TPSA) is 84.9 Å². The van der Waals surface area contributed by atoms with E-state index in [1.807, 2.05) is 12.1 Å². The van der Waals surface area contributed by atoms with E-state index < -0.39 is 23.8 Å². The van der Waals surface area contributed by atoms with Crippen molar-refractivity contribution in [2.45, 2.75) is 44.8 Å². The van der Waals surface area contributed by atoms with Crippen LogP contribution in [-0.2, 0) is 14.3 Å². The Morgan fingerprint density at radius 3 is 2.45 bits per heavy atom. The first kappa shape index (κ1) is 16.3. The Morgan fingerprint density at radius 2 is 1.91 bits per heavy atom. The minimum Gasteiger partial charge on any atom is -0.479 e. The summed E-state index contributed by atoms with van der Waals surface area (Å²) >= 11 is 0. The summed E-state index contributed by atoms with van der Waals surface area (Å²) < 4.78 is 10.4. The number of nitrogens with one attached hydrogen (secondary N) is 1. The van der Waals surface area contributed by atoms with Gasteiger partial charge >= 0.3 is 12.1 Å². The van der Waals surface area contributed by atoms with Gasteiger partial charge in [0.25, 0.3) is 0 Å². The lowest BCUT2D eigenvalue weighted by Crippen LogP contribution is -2.27. The molecule has 1 aliphatic heterocycles. The average Bonchev–Trinajstić information content (AvgIpc) is 2.86. The number of carboxylic acid groups (broad SMARTS) is 1. The van der Waals surface area contributed by atoms with Crippen LogP contribution in [0.15, 0.2) is 24.3 Å². The molecule has 0 aliphatic carbocycles. The van der Waals surface area contributed by atoms with Gasteiger partial charge in [-0.2, -0.15) is 0 Å². The van der Waals surface area contributed by atoms with E-state index in [2.05, 4.69) is 5.32 Å². The van der Waals surface area contributed by atoms with Gasteiger partial charge in [-0.3, -0.25) is 5.32 Å². The minimum absolute atomic E-state index is 0.159. The van der Waals surface area contributed by atoms with Gasteiger partial charge in [0.1, 0.15) is 5.60 Å². The summed E-state index contributed by atoms with van der Waals surface area (Å²) in [5.74, 6) is -1.11. The zero-order valence-electron chi connectivity index (χ0n) is 13.0. The van der Waals surface area contributed by atoms with Crippen molar-refractivity contribution in [1.29, 1.82) is 0 Å². The molecule has 22 heavy (non-hydrogen) atoms. The second kappa shape index (κ2) is 6.36. The van der Waals surface area contributed by atoms with Gasteiger partial charge in [0, 0.05) is 18.2 Å². The van der Waals surface area contributed by atoms with Gasteiger partial charge < -0.3 is 14.6 Å². The number of hydrogen-bond donors (Lipinski definition) is 2. The lowest BCUT2D eigenvalue weighted by atomic mass is 9.92. The molecule has 2 rings (SSSR count). The van der Waals surface area contributed by atoms with E-state index >= 15 is 0 Å². The van der Waals surface area contributed by atoms with Crippen molar-refractivity contribution >= 4 is 17.7 Å². The van der Waals surface area contributed by atoms with Gasteiger partial charge in [0.05, 0.1) is 0 Å². The summed E-state index contributed by atoms with van der Waals surface area (Å²) in [6.07, 6.45) is -0.645. The standard InChI is InChI=1S/C16H21NO5/c1-16(2,3)22-15(20)17-11-6-4-10(5-7-11)12-8-9-21-13(12)14(18)19/h4-7,12-13H,8-9H2,1-3H3,(H,17,20)(H,18,19)/t12-,13-/m1/s1. The molecule has 6 nitrogen and oxygen atoms in total. The van der Waals surface area contributed by atoms with Crippen molar-refractivity contribution in [2.75, 3.05) is 11.9 Å². The summed E-state index contributed by atoms with van der Waals surface area (Å²) in [6.45, 7) is 5.82. The fraction of sp³-hybridized carbons (Fsp3) is 0.500. The largest absolute Gasteiger partial charge is 0.479 e. The van der Waals surface area contributed by atoms with Crippen molar-refractivity contribution in [3.63, 3.8) is 0 Å². The number of carbonyl (C=O) groups excluding carboxylic acids is 1.